The summed E-state index contributed by atoms with van der Waals surface area (Å²) in [5.74, 6) is -0.306. The summed E-state index contributed by atoms with van der Waals surface area (Å²) in [7, 11) is 0. The molecule has 2 aromatic carbocycles. The number of carbonyl (C=O) groups excluding carboxylic acids is 1. The Morgan fingerprint density at radius 1 is 1.14 bits per heavy atom. The fraction of sp³-hybridized carbons (Fsp3) is 0.0667. The second-order valence-corrected chi connectivity index (χ2v) is 5.94. The molecule has 21 heavy (non-hydrogen) atoms. The molecule has 2 aromatic rings. The summed E-state index contributed by atoms with van der Waals surface area (Å²) in [5, 5.41) is 5.15. The van der Waals surface area contributed by atoms with Gasteiger partial charge in [0.1, 0.15) is 0 Å². The number of halogens is 3. The highest BCUT2D eigenvalue weighted by Gasteiger charge is 2.09. The van der Waals surface area contributed by atoms with E-state index in [1.54, 1.807) is 43.3 Å². The lowest BCUT2D eigenvalue weighted by molar-refractivity contribution is 0.0954. The van der Waals surface area contributed by atoms with E-state index in [9.17, 15) is 4.79 Å². The highest BCUT2D eigenvalue weighted by molar-refractivity contribution is 9.10. The summed E-state index contributed by atoms with van der Waals surface area (Å²) in [6.45, 7) is 1.75. The fourth-order valence-corrected chi connectivity index (χ4v) is 2.57. The molecule has 0 unspecified atom stereocenters. The van der Waals surface area contributed by atoms with Gasteiger partial charge in [0, 0.05) is 20.1 Å². The van der Waals surface area contributed by atoms with Crippen molar-refractivity contribution in [3.8, 4) is 0 Å². The third-order valence-corrected chi connectivity index (χ3v) is 4.02. The molecule has 0 bridgehead atoms. The molecule has 0 aliphatic carbocycles. The Bertz CT molecular complexity index is 717. The molecule has 1 N–H and O–H groups in total. The molecule has 0 radical (unpaired) electrons. The summed E-state index contributed by atoms with van der Waals surface area (Å²) < 4.78 is 0.705. The van der Waals surface area contributed by atoms with Crippen LogP contribution in [-0.4, -0.2) is 11.6 Å². The normalized spacial score (nSPS) is 11.3. The molecule has 0 aliphatic heterocycles. The highest BCUT2D eigenvalue weighted by Crippen LogP contribution is 2.21. The second kappa shape index (κ2) is 7.07. The van der Waals surface area contributed by atoms with Crippen LogP contribution in [0.4, 0.5) is 0 Å². The topological polar surface area (TPSA) is 41.5 Å². The maximum absolute atomic E-state index is 12.0. The van der Waals surface area contributed by atoms with Gasteiger partial charge in [-0.2, -0.15) is 5.10 Å². The van der Waals surface area contributed by atoms with Gasteiger partial charge >= 0.3 is 0 Å². The van der Waals surface area contributed by atoms with E-state index in [4.69, 9.17) is 23.2 Å². The van der Waals surface area contributed by atoms with Crippen LogP contribution in [0.1, 0.15) is 22.8 Å². The Hall–Kier alpha value is -1.36. The maximum atomic E-state index is 12.0. The summed E-state index contributed by atoms with van der Waals surface area (Å²) in [5.41, 5.74) is 4.26. The smallest absolute Gasteiger partial charge is 0.267 e. The van der Waals surface area contributed by atoms with E-state index in [1.165, 1.54) is 0 Å². The molecule has 0 saturated carbocycles. The number of hydrogen-bond donors (Lipinski definition) is 1. The van der Waals surface area contributed by atoms with E-state index in [1.807, 2.05) is 6.07 Å². The predicted molar refractivity (Wildman–Crippen MR) is 90.3 cm³/mol. The summed E-state index contributed by atoms with van der Waals surface area (Å²) in [6, 6.07) is 12.2. The molecule has 0 atom stereocenters. The zero-order chi connectivity index (χ0) is 15.4. The van der Waals surface area contributed by atoms with Crippen LogP contribution in [-0.2, 0) is 0 Å². The number of hydrogen-bond acceptors (Lipinski definition) is 2. The standard InChI is InChI=1S/C15H11BrCl2N2O/c1-9(12-8-10(17)6-7-14(12)18)19-20-15(21)11-4-2-3-5-13(11)16/h2-8H,1H3,(H,20,21)/b19-9-. The Morgan fingerprint density at radius 3 is 2.57 bits per heavy atom. The highest BCUT2D eigenvalue weighted by atomic mass is 79.9. The van der Waals surface area contributed by atoms with Gasteiger partial charge in [-0.05, 0) is 53.2 Å². The van der Waals surface area contributed by atoms with Crippen LogP contribution in [0.15, 0.2) is 52.0 Å². The molecular formula is C15H11BrCl2N2O. The van der Waals surface area contributed by atoms with Gasteiger partial charge in [0.15, 0.2) is 0 Å². The summed E-state index contributed by atoms with van der Waals surface area (Å²) in [6.07, 6.45) is 0. The zero-order valence-electron chi connectivity index (χ0n) is 11.0. The van der Waals surface area contributed by atoms with Crippen molar-refractivity contribution in [3.05, 3.63) is 68.1 Å². The number of nitrogens with one attached hydrogen (secondary N) is 1. The van der Waals surface area contributed by atoms with Gasteiger partial charge in [0.25, 0.3) is 5.91 Å². The molecular weight excluding hydrogens is 375 g/mol. The molecule has 2 rings (SSSR count). The summed E-state index contributed by atoms with van der Waals surface area (Å²) >= 11 is 15.3. The van der Waals surface area contributed by atoms with Crippen molar-refractivity contribution in [2.75, 3.05) is 0 Å². The van der Waals surface area contributed by atoms with E-state index in [0.29, 0.717) is 31.4 Å². The molecule has 6 heteroatoms. The zero-order valence-corrected chi connectivity index (χ0v) is 14.1. The quantitative estimate of drug-likeness (QED) is 0.591. The average Bonchev–Trinajstić information content (AvgIpc) is 2.47. The molecule has 0 spiro atoms. The lowest BCUT2D eigenvalue weighted by Gasteiger charge is -2.06. The molecule has 0 aliphatic rings. The van der Waals surface area contributed by atoms with E-state index in [-0.39, 0.29) is 5.91 Å². The van der Waals surface area contributed by atoms with Gasteiger partial charge in [-0.1, -0.05) is 35.3 Å². The molecule has 108 valence electrons. The van der Waals surface area contributed by atoms with Crippen molar-refractivity contribution in [1.29, 1.82) is 0 Å². The van der Waals surface area contributed by atoms with E-state index in [2.05, 4.69) is 26.5 Å². The van der Waals surface area contributed by atoms with E-state index in [0.717, 1.165) is 0 Å². The predicted octanol–water partition coefficient (Wildman–Crippen LogP) is 4.91. The first kappa shape index (κ1) is 16.0. The second-order valence-electron chi connectivity index (χ2n) is 4.24. The van der Waals surface area contributed by atoms with Crippen molar-refractivity contribution in [3.63, 3.8) is 0 Å². The van der Waals surface area contributed by atoms with Gasteiger partial charge in [-0.3, -0.25) is 4.79 Å². The molecule has 1 amide bonds. The number of rotatable bonds is 3. The number of amides is 1. The lowest BCUT2D eigenvalue weighted by Crippen LogP contribution is -2.19. The number of benzene rings is 2. The average molecular weight is 386 g/mol. The van der Waals surface area contributed by atoms with E-state index >= 15 is 0 Å². The van der Waals surface area contributed by atoms with Crippen LogP contribution in [0.25, 0.3) is 0 Å². The maximum Gasteiger partial charge on any atom is 0.272 e. The van der Waals surface area contributed by atoms with Gasteiger partial charge in [0.2, 0.25) is 0 Å². The fourth-order valence-electron chi connectivity index (χ4n) is 1.68. The monoisotopic (exact) mass is 384 g/mol. The van der Waals surface area contributed by atoms with Crippen molar-refractivity contribution >= 4 is 50.8 Å². The minimum atomic E-state index is -0.306. The van der Waals surface area contributed by atoms with Gasteiger partial charge in [-0.15, -0.1) is 0 Å². The largest absolute Gasteiger partial charge is 0.272 e. The number of hydrazone groups is 1. The molecule has 0 fully saturated rings. The Labute approximate surface area is 141 Å². The van der Waals surface area contributed by atoms with Crippen LogP contribution in [0, 0.1) is 0 Å². The third-order valence-electron chi connectivity index (χ3n) is 2.76. The number of nitrogens with zero attached hydrogens (tertiary/aromatic N) is 1. The molecule has 3 nitrogen and oxygen atoms in total. The first-order valence-corrected chi connectivity index (χ1v) is 7.58. The van der Waals surface area contributed by atoms with Crippen molar-refractivity contribution in [1.82, 2.24) is 5.43 Å². The Balaban J connectivity index is 2.19. The lowest BCUT2D eigenvalue weighted by atomic mass is 10.1. The minimum Gasteiger partial charge on any atom is -0.267 e. The first-order chi connectivity index (χ1) is 9.99. The minimum absolute atomic E-state index is 0.306. The molecule has 0 saturated heterocycles. The van der Waals surface area contributed by atoms with Crippen LogP contribution < -0.4 is 5.43 Å². The van der Waals surface area contributed by atoms with Gasteiger partial charge in [0.05, 0.1) is 11.3 Å². The van der Waals surface area contributed by atoms with Gasteiger partial charge in [-0.25, -0.2) is 5.43 Å². The molecule has 0 aromatic heterocycles. The van der Waals surface area contributed by atoms with Crippen molar-refractivity contribution in [2.45, 2.75) is 6.92 Å². The third kappa shape index (κ3) is 4.06. The van der Waals surface area contributed by atoms with Crippen molar-refractivity contribution < 1.29 is 4.79 Å². The molecule has 0 heterocycles. The summed E-state index contributed by atoms with van der Waals surface area (Å²) in [4.78, 5) is 12.0. The Kier molecular flexibility index (Phi) is 5.39. The van der Waals surface area contributed by atoms with Crippen LogP contribution in [0.5, 0.6) is 0 Å². The van der Waals surface area contributed by atoms with E-state index < -0.39 is 0 Å². The van der Waals surface area contributed by atoms with Crippen LogP contribution in [0.2, 0.25) is 10.0 Å². The first-order valence-electron chi connectivity index (χ1n) is 6.03. The Morgan fingerprint density at radius 2 is 1.86 bits per heavy atom. The van der Waals surface area contributed by atoms with Crippen LogP contribution >= 0.6 is 39.1 Å². The van der Waals surface area contributed by atoms with Crippen molar-refractivity contribution in [2.24, 2.45) is 5.10 Å². The van der Waals surface area contributed by atoms with Gasteiger partial charge < -0.3 is 0 Å². The number of carbonyl (C=O) groups is 1. The van der Waals surface area contributed by atoms with Crippen LogP contribution in [0.3, 0.4) is 0 Å². The SMILES string of the molecule is C/C(=N/NC(=O)c1ccccc1Br)c1cc(Cl)ccc1Cl.